The van der Waals surface area contributed by atoms with Gasteiger partial charge in [-0.1, -0.05) is 23.2 Å². The first kappa shape index (κ1) is 22.1. The topological polar surface area (TPSA) is 77.6 Å². The van der Waals surface area contributed by atoms with E-state index in [0.29, 0.717) is 38.6 Å². The molecule has 0 unspecified atom stereocenters. The smallest absolute Gasteiger partial charge is 0.309 e. The molecule has 0 spiro atoms. The fraction of sp³-hybridized carbons (Fsp3) is 0.174. The SMILES string of the molecule is CN[C@@H](C)C(=O)Nc1ccc2c(n1)CN(c1ccc(Cl)cc1)C(=O)N2c1ccc(Cl)cc1. The Balaban J connectivity index is 1.76. The number of amides is 3. The number of urea groups is 1. The van der Waals surface area contributed by atoms with Crippen LogP contribution >= 0.6 is 23.2 Å². The van der Waals surface area contributed by atoms with Crippen LogP contribution in [0.4, 0.5) is 27.7 Å². The lowest BCUT2D eigenvalue weighted by molar-refractivity contribution is -0.117. The van der Waals surface area contributed by atoms with Gasteiger partial charge in [0.2, 0.25) is 5.91 Å². The molecule has 3 amide bonds. The second-order valence-corrected chi connectivity index (χ2v) is 8.19. The van der Waals surface area contributed by atoms with Crippen molar-refractivity contribution in [2.75, 3.05) is 22.2 Å². The molecule has 32 heavy (non-hydrogen) atoms. The normalized spacial score (nSPS) is 14.2. The van der Waals surface area contributed by atoms with Crippen molar-refractivity contribution in [2.24, 2.45) is 0 Å². The Bertz CT molecular complexity index is 1150. The van der Waals surface area contributed by atoms with E-state index < -0.39 is 0 Å². The van der Waals surface area contributed by atoms with Crippen LogP contribution in [0.2, 0.25) is 10.0 Å². The fourth-order valence-electron chi connectivity index (χ4n) is 3.35. The molecule has 7 nitrogen and oxygen atoms in total. The largest absolute Gasteiger partial charge is 0.334 e. The minimum Gasteiger partial charge on any atom is -0.309 e. The molecule has 4 rings (SSSR count). The minimum absolute atomic E-state index is 0.198. The van der Waals surface area contributed by atoms with Gasteiger partial charge in [-0.2, -0.15) is 0 Å². The van der Waals surface area contributed by atoms with Gasteiger partial charge in [-0.3, -0.25) is 14.6 Å². The van der Waals surface area contributed by atoms with Gasteiger partial charge < -0.3 is 10.6 Å². The predicted octanol–water partition coefficient (Wildman–Crippen LogP) is 5.21. The van der Waals surface area contributed by atoms with E-state index in [2.05, 4.69) is 15.6 Å². The van der Waals surface area contributed by atoms with Crippen molar-refractivity contribution in [3.63, 3.8) is 0 Å². The van der Waals surface area contributed by atoms with Crippen LogP contribution in [0.5, 0.6) is 0 Å². The van der Waals surface area contributed by atoms with E-state index in [1.165, 1.54) is 0 Å². The highest BCUT2D eigenvalue weighted by atomic mass is 35.5. The van der Waals surface area contributed by atoms with Gasteiger partial charge in [0.05, 0.1) is 29.7 Å². The summed E-state index contributed by atoms with van der Waals surface area (Å²) in [4.78, 5) is 33.7. The van der Waals surface area contributed by atoms with Crippen molar-refractivity contribution in [3.8, 4) is 0 Å². The summed E-state index contributed by atoms with van der Waals surface area (Å²) in [7, 11) is 1.71. The quantitative estimate of drug-likeness (QED) is 0.537. The van der Waals surface area contributed by atoms with Crippen molar-refractivity contribution in [2.45, 2.75) is 19.5 Å². The van der Waals surface area contributed by atoms with Gasteiger partial charge in [0, 0.05) is 15.7 Å². The van der Waals surface area contributed by atoms with Gasteiger partial charge in [0.1, 0.15) is 5.82 Å². The Kier molecular flexibility index (Phi) is 6.32. The maximum atomic E-state index is 13.5. The molecule has 2 heterocycles. The second kappa shape index (κ2) is 9.16. The van der Waals surface area contributed by atoms with E-state index in [4.69, 9.17) is 23.2 Å². The molecular weight excluding hydrogens is 449 g/mol. The molecule has 0 saturated carbocycles. The van der Waals surface area contributed by atoms with Gasteiger partial charge in [0.25, 0.3) is 0 Å². The van der Waals surface area contributed by atoms with Gasteiger partial charge >= 0.3 is 6.03 Å². The van der Waals surface area contributed by atoms with E-state index >= 15 is 0 Å². The molecule has 1 aliphatic heterocycles. The number of nitrogens with one attached hydrogen (secondary N) is 2. The number of fused-ring (bicyclic) bond motifs is 1. The van der Waals surface area contributed by atoms with Crippen LogP contribution in [-0.4, -0.2) is 30.0 Å². The number of halogens is 2. The summed E-state index contributed by atoms with van der Waals surface area (Å²) in [6.45, 7) is 2.00. The third kappa shape index (κ3) is 4.41. The average Bonchev–Trinajstić information content (AvgIpc) is 2.79. The molecule has 0 radical (unpaired) electrons. The molecule has 1 atom stereocenters. The number of hydrogen-bond donors (Lipinski definition) is 2. The average molecular weight is 470 g/mol. The number of rotatable bonds is 5. The molecule has 164 valence electrons. The molecule has 0 bridgehead atoms. The Hall–Kier alpha value is -3.13. The molecule has 1 aromatic heterocycles. The number of carbonyl (C=O) groups is 2. The highest BCUT2D eigenvalue weighted by Crippen LogP contribution is 2.37. The van der Waals surface area contributed by atoms with Gasteiger partial charge in [-0.15, -0.1) is 0 Å². The van der Waals surface area contributed by atoms with Crippen LogP contribution in [0, 0.1) is 0 Å². The molecule has 3 aromatic rings. The lowest BCUT2D eigenvalue weighted by atomic mass is 10.1. The summed E-state index contributed by atoms with van der Waals surface area (Å²) in [5.74, 6) is 0.216. The van der Waals surface area contributed by atoms with Crippen molar-refractivity contribution in [1.29, 1.82) is 0 Å². The molecule has 2 aromatic carbocycles. The maximum Gasteiger partial charge on any atom is 0.334 e. The maximum absolute atomic E-state index is 13.5. The van der Waals surface area contributed by atoms with Crippen LogP contribution in [0.1, 0.15) is 12.6 Å². The Morgan fingerprint density at radius 3 is 2.16 bits per heavy atom. The first-order valence-corrected chi connectivity index (χ1v) is 10.7. The standard InChI is InChI=1S/C23H21Cl2N5O2/c1-14(26-2)22(31)28-21-12-11-20-19(27-21)13-29(17-7-3-15(24)4-8-17)23(32)30(20)18-9-5-16(25)6-10-18/h3-12,14,26H,13H2,1-2H3,(H,27,28,31)/t14-/m0/s1. The number of hydrogen-bond acceptors (Lipinski definition) is 4. The number of anilines is 4. The zero-order chi connectivity index (χ0) is 22.8. The number of pyridine rings is 1. The number of benzene rings is 2. The van der Waals surface area contributed by atoms with Crippen LogP contribution in [-0.2, 0) is 11.3 Å². The van der Waals surface area contributed by atoms with E-state index in [-0.39, 0.29) is 24.5 Å². The number of carbonyl (C=O) groups excluding carboxylic acids is 2. The van der Waals surface area contributed by atoms with Gasteiger partial charge in [0.15, 0.2) is 0 Å². The predicted molar refractivity (Wildman–Crippen MR) is 128 cm³/mol. The monoisotopic (exact) mass is 469 g/mol. The number of aromatic nitrogens is 1. The third-order valence-electron chi connectivity index (χ3n) is 5.22. The minimum atomic E-state index is -0.370. The van der Waals surface area contributed by atoms with Crippen molar-refractivity contribution in [1.82, 2.24) is 10.3 Å². The van der Waals surface area contributed by atoms with Crippen LogP contribution in [0.15, 0.2) is 60.7 Å². The van der Waals surface area contributed by atoms with E-state index in [1.807, 2.05) is 0 Å². The van der Waals surface area contributed by atoms with Crippen molar-refractivity contribution in [3.05, 3.63) is 76.4 Å². The third-order valence-corrected chi connectivity index (χ3v) is 5.73. The number of likely N-dealkylation sites (N-methyl/N-ethyl adjacent to an activating group) is 1. The van der Waals surface area contributed by atoms with Crippen LogP contribution < -0.4 is 20.4 Å². The Morgan fingerprint density at radius 2 is 1.56 bits per heavy atom. The summed E-state index contributed by atoms with van der Waals surface area (Å²) >= 11 is 12.1. The molecule has 2 N–H and O–H groups in total. The molecule has 0 saturated heterocycles. The molecule has 0 aliphatic carbocycles. The fourth-order valence-corrected chi connectivity index (χ4v) is 3.60. The van der Waals surface area contributed by atoms with Gasteiger partial charge in [-0.25, -0.2) is 9.78 Å². The van der Waals surface area contributed by atoms with Crippen molar-refractivity contribution < 1.29 is 9.59 Å². The summed E-state index contributed by atoms with van der Waals surface area (Å²) in [5.41, 5.74) is 2.62. The van der Waals surface area contributed by atoms with Gasteiger partial charge in [-0.05, 0) is 74.6 Å². The first-order chi connectivity index (χ1) is 15.4. The van der Waals surface area contributed by atoms with E-state index in [0.717, 1.165) is 0 Å². The van der Waals surface area contributed by atoms with E-state index in [9.17, 15) is 9.59 Å². The first-order valence-electron chi connectivity index (χ1n) is 9.98. The Morgan fingerprint density at radius 1 is 0.969 bits per heavy atom. The zero-order valence-corrected chi connectivity index (χ0v) is 19.0. The lowest BCUT2D eigenvalue weighted by Crippen LogP contribution is -2.45. The molecule has 9 heteroatoms. The lowest BCUT2D eigenvalue weighted by Gasteiger charge is -2.36. The van der Waals surface area contributed by atoms with E-state index in [1.54, 1.807) is 84.4 Å². The van der Waals surface area contributed by atoms with Crippen molar-refractivity contribution >= 4 is 58.0 Å². The summed E-state index contributed by atoms with van der Waals surface area (Å²) in [6, 6.07) is 16.9. The Labute approximate surface area is 195 Å². The zero-order valence-electron chi connectivity index (χ0n) is 17.5. The highest BCUT2D eigenvalue weighted by molar-refractivity contribution is 6.31. The van der Waals surface area contributed by atoms with Crippen LogP contribution in [0.3, 0.4) is 0 Å². The van der Waals surface area contributed by atoms with Crippen LogP contribution in [0.25, 0.3) is 0 Å². The highest BCUT2D eigenvalue weighted by Gasteiger charge is 2.33. The molecule has 1 aliphatic rings. The summed E-state index contributed by atoms with van der Waals surface area (Å²) in [5, 5.41) is 6.86. The summed E-state index contributed by atoms with van der Waals surface area (Å²) in [6.07, 6.45) is 0. The molecule has 0 fully saturated rings. The second-order valence-electron chi connectivity index (χ2n) is 7.32. The summed E-state index contributed by atoms with van der Waals surface area (Å²) < 4.78 is 0. The molecular formula is C23H21Cl2N5O2. The number of nitrogens with zero attached hydrogens (tertiary/aromatic N) is 3.